The minimum atomic E-state index is -1.63. The van der Waals surface area contributed by atoms with E-state index >= 15 is 0 Å². The van der Waals surface area contributed by atoms with Crippen molar-refractivity contribution < 1.29 is 23.3 Å². The normalized spacial score (nSPS) is 21.2. The number of benzene rings is 2. The van der Waals surface area contributed by atoms with E-state index in [0.717, 1.165) is 0 Å². The number of ether oxygens (including phenoxy) is 2. The molecule has 8 heteroatoms. The van der Waals surface area contributed by atoms with Crippen LogP contribution in [0.5, 0.6) is 5.75 Å². The van der Waals surface area contributed by atoms with Crippen molar-refractivity contribution in [3.05, 3.63) is 54.1 Å². The predicted molar refractivity (Wildman–Crippen MR) is 115 cm³/mol. The highest BCUT2D eigenvalue weighted by atomic mass is 32.2. The molecular weight excluding hydrogens is 404 g/mol. The van der Waals surface area contributed by atoms with Crippen LogP contribution in [0, 0.1) is 0 Å². The summed E-state index contributed by atoms with van der Waals surface area (Å²) in [6.45, 7) is 2.24. The van der Waals surface area contributed by atoms with Crippen molar-refractivity contribution in [3.8, 4) is 5.75 Å². The summed E-state index contributed by atoms with van der Waals surface area (Å²) in [6.07, 6.45) is -1.20. The maximum atomic E-state index is 13.7. The molecule has 30 heavy (non-hydrogen) atoms. The van der Waals surface area contributed by atoms with E-state index in [1.807, 2.05) is 19.0 Å². The van der Waals surface area contributed by atoms with Crippen molar-refractivity contribution in [1.29, 1.82) is 0 Å². The van der Waals surface area contributed by atoms with Gasteiger partial charge in [-0.05, 0) is 43.9 Å². The van der Waals surface area contributed by atoms with Crippen LogP contribution in [0.2, 0.25) is 0 Å². The van der Waals surface area contributed by atoms with Gasteiger partial charge in [-0.3, -0.25) is 13.8 Å². The summed E-state index contributed by atoms with van der Waals surface area (Å²) in [7, 11) is 3.76. The number of esters is 1. The van der Waals surface area contributed by atoms with Gasteiger partial charge in [0.1, 0.15) is 11.0 Å². The molecule has 0 radical (unpaired) electrons. The number of likely N-dealkylation sites (N-methyl/N-ethyl adjacent to an activating group) is 1. The summed E-state index contributed by atoms with van der Waals surface area (Å²) >= 11 is 0. The second kappa shape index (κ2) is 9.40. The van der Waals surface area contributed by atoms with Crippen molar-refractivity contribution in [2.24, 2.45) is 0 Å². The van der Waals surface area contributed by atoms with Gasteiger partial charge >= 0.3 is 5.97 Å². The molecule has 1 aliphatic rings. The zero-order chi connectivity index (χ0) is 21.8. The first-order valence-electron chi connectivity index (χ1n) is 9.60. The Kier molecular flexibility index (Phi) is 6.89. The number of anilines is 1. The molecule has 0 spiro atoms. The Balaban J connectivity index is 2.14. The van der Waals surface area contributed by atoms with Crippen LogP contribution in [0.4, 0.5) is 5.69 Å². The molecule has 1 aliphatic heterocycles. The van der Waals surface area contributed by atoms with Crippen molar-refractivity contribution in [1.82, 2.24) is 4.90 Å². The number of methoxy groups -OCH3 is 1. The molecule has 0 saturated heterocycles. The van der Waals surface area contributed by atoms with Gasteiger partial charge in [-0.25, -0.2) is 0 Å². The van der Waals surface area contributed by atoms with Crippen LogP contribution < -0.4 is 9.64 Å². The Morgan fingerprint density at radius 3 is 2.40 bits per heavy atom. The predicted octanol–water partition coefficient (Wildman–Crippen LogP) is 2.38. The monoisotopic (exact) mass is 430 g/mol. The van der Waals surface area contributed by atoms with Gasteiger partial charge in [0.2, 0.25) is 0 Å². The lowest BCUT2D eigenvalue weighted by molar-refractivity contribution is -0.152. The molecule has 0 N–H and O–H groups in total. The second-order valence-electron chi connectivity index (χ2n) is 7.28. The summed E-state index contributed by atoms with van der Waals surface area (Å²) in [5.41, 5.74) is 1.22. The molecule has 3 atom stereocenters. The lowest BCUT2D eigenvalue weighted by atomic mass is 10.1. The lowest BCUT2D eigenvalue weighted by Crippen LogP contribution is -2.45. The van der Waals surface area contributed by atoms with Crippen LogP contribution in [0.15, 0.2) is 53.4 Å². The molecule has 0 aromatic heterocycles. The SMILES string of the molecule is COc1ccc([C@H]2[C@@H](OC(C)=O)C(=O)N(CCN(C)C)c3ccccc3[S@@]2=O)cc1. The lowest BCUT2D eigenvalue weighted by Gasteiger charge is -2.28. The van der Waals surface area contributed by atoms with Crippen LogP contribution in [-0.2, 0) is 25.1 Å². The fourth-order valence-electron chi connectivity index (χ4n) is 3.41. The summed E-state index contributed by atoms with van der Waals surface area (Å²) in [5, 5.41) is -0.835. The highest BCUT2D eigenvalue weighted by molar-refractivity contribution is 7.85. The van der Waals surface area contributed by atoms with Crippen molar-refractivity contribution in [3.63, 3.8) is 0 Å². The molecule has 0 saturated carbocycles. The molecule has 0 aliphatic carbocycles. The zero-order valence-corrected chi connectivity index (χ0v) is 18.3. The number of hydrogen-bond acceptors (Lipinski definition) is 6. The molecule has 2 aromatic rings. The molecule has 0 bridgehead atoms. The number of para-hydroxylation sites is 1. The molecule has 2 aromatic carbocycles. The highest BCUT2D eigenvalue weighted by Crippen LogP contribution is 2.39. The van der Waals surface area contributed by atoms with Gasteiger partial charge in [0.15, 0.2) is 6.10 Å². The van der Waals surface area contributed by atoms with Gasteiger partial charge < -0.3 is 19.3 Å². The third kappa shape index (κ3) is 4.55. The van der Waals surface area contributed by atoms with Crippen LogP contribution in [0.1, 0.15) is 17.7 Å². The van der Waals surface area contributed by atoms with Crippen LogP contribution in [0.3, 0.4) is 0 Å². The number of carbonyl (C=O) groups excluding carboxylic acids is 2. The first kappa shape index (κ1) is 22.0. The molecule has 3 rings (SSSR count). The molecule has 1 heterocycles. The van der Waals surface area contributed by atoms with Crippen molar-refractivity contribution in [2.45, 2.75) is 23.2 Å². The topological polar surface area (TPSA) is 76.2 Å². The largest absolute Gasteiger partial charge is 0.497 e. The van der Waals surface area contributed by atoms with Crippen LogP contribution in [0.25, 0.3) is 0 Å². The van der Waals surface area contributed by atoms with Gasteiger partial charge in [0, 0.05) is 20.0 Å². The Labute approximate surface area is 179 Å². The van der Waals surface area contributed by atoms with E-state index in [-0.39, 0.29) is 5.91 Å². The van der Waals surface area contributed by atoms with E-state index in [4.69, 9.17) is 9.47 Å². The van der Waals surface area contributed by atoms with E-state index in [1.165, 1.54) is 6.92 Å². The first-order chi connectivity index (χ1) is 14.3. The highest BCUT2D eigenvalue weighted by Gasteiger charge is 2.44. The Bertz CT molecular complexity index is 945. The second-order valence-corrected chi connectivity index (χ2v) is 8.82. The fourth-order valence-corrected chi connectivity index (χ4v) is 5.09. The maximum Gasteiger partial charge on any atom is 0.303 e. The molecule has 0 fully saturated rings. The number of nitrogens with zero attached hydrogens (tertiary/aromatic N) is 2. The minimum Gasteiger partial charge on any atom is -0.497 e. The fraction of sp³-hybridized carbons (Fsp3) is 0.364. The van der Waals surface area contributed by atoms with Crippen LogP contribution >= 0.6 is 0 Å². The summed E-state index contributed by atoms with van der Waals surface area (Å²) in [6, 6.07) is 14.1. The number of rotatable bonds is 6. The van der Waals surface area contributed by atoms with E-state index in [2.05, 4.69) is 0 Å². The molecule has 0 unspecified atom stereocenters. The number of hydrogen-bond donors (Lipinski definition) is 0. The van der Waals surface area contributed by atoms with Gasteiger partial charge in [-0.15, -0.1) is 0 Å². The van der Waals surface area contributed by atoms with E-state index in [9.17, 15) is 13.8 Å². The standard InChI is InChI=1S/C22H26N2O5S/c1-15(25)29-20-21(16-9-11-17(28-4)12-10-16)30(27)19-8-6-5-7-18(19)24(22(20)26)14-13-23(2)3/h5-12,20-21H,13-14H2,1-4H3/t20-,21+,30+/m1/s1. The summed E-state index contributed by atoms with van der Waals surface area (Å²) < 4.78 is 24.4. The smallest absolute Gasteiger partial charge is 0.303 e. The average Bonchev–Trinajstić information content (AvgIpc) is 2.80. The summed E-state index contributed by atoms with van der Waals surface area (Å²) in [5.74, 6) is -0.338. The molecule has 1 amide bonds. The third-order valence-electron chi connectivity index (χ3n) is 4.90. The molecule has 160 valence electrons. The van der Waals surface area contributed by atoms with Crippen molar-refractivity contribution >= 4 is 28.4 Å². The minimum absolute atomic E-state index is 0.382. The number of fused-ring (bicyclic) bond motifs is 1. The third-order valence-corrected chi connectivity index (χ3v) is 6.66. The quantitative estimate of drug-likeness (QED) is 0.655. The average molecular weight is 431 g/mol. The van der Waals surface area contributed by atoms with Gasteiger partial charge in [-0.1, -0.05) is 24.3 Å². The van der Waals surface area contributed by atoms with Gasteiger partial charge in [0.25, 0.3) is 5.91 Å². The van der Waals surface area contributed by atoms with Gasteiger partial charge in [-0.2, -0.15) is 0 Å². The van der Waals surface area contributed by atoms with Gasteiger partial charge in [0.05, 0.1) is 28.5 Å². The summed E-state index contributed by atoms with van der Waals surface area (Å²) in [4.78, 5) is 29.5. The van der Waals surface area contributed by atoms with Crippen molar-refractivity contribution in [2.75, 3.05) is 39.2 Å². The zero-order valence-electron chi connectivity index (χ0n) is 17.5. The van der Waals surface area contributed by atoms with E-state index in [0.29, 0.717) is 35.0 Å². The van der Waals surface area contributed by atoms with E-state index in [1.54, 1.807) is 60.5 Å². The number of amides is 1. The Morgan fingerprint density at radius 2 is 1.80 bits per heavy atom. The molecule has 7 nitrogen and oxygen atoms in total. The molecular formula is C22H26N2O5S. The number of carbonyl (C=O) groups is 2. The Hall–Kier alpha value is -2.71. The first-order valence-corrected chi connectivity index (χ1v) is 10.8. The maximum absolute atomic E-state index is 13.7. The van der Waals surface area contributed by atoms with E-state index < -0.39 is 28.1 Å². The van der Waals surface area contributed by atoms with Crippen LogP contribution in [-0.4, -0.2) is 61.4 Å². The Morgan fingerprint density at radius 1 is 1.13 bits per heavy atom.